The minimum Gasteiger partial charge on any atom is -0.381 e. The molecular formula is C22H29NO6S2. The number of hydrogen-bond acceptors (Lipinski definition) is 6. The summed E-state index contributed by atoms with van der Waals surface area (Å²) in [4.78, 5) is 0.265. The van der Waals surface area contributed by atoms with Crippen LogP contribution in [0.1, 0.15) is 24.0 Å². The van der Waals surface area contributed by atoms with Crippen molar-refractivity contribution in [3.8, 4) is 0 Å². The molecule has 0 aromatic heterocycles. The normalized spacial score (nSPS) is 16.8. The number of aryl methyl sites for hydroxylation is 2. The van der Waals surface area contributed by atoms with Crippen LogP contribution in [0.4, 0.5) is 0 Å². The van der Waals surface area contributed by atoms with E-state index in [0.717, 1.165) is 24.0 Å². The van der Waals surface area contributed by atoms with Crippen molar-refractivity contribution in [2.45, 2.75) is 36.5 Å². The van der Waals surface area contributed by atoms with Gasteiger partial charge in [-0.2, -0.15) is 8.42 Å². The van der Waals surface area contributed by atoms with Gasteiger partial charge in [0.15, 0.2) is 0 Å². The molecule has 0 spiro atoms. The molecule has 1 saturated heterocycles. The molecule has 1 heterocycles. The van der Waals surface area contributed by atoms with Gasteiger partial charge >= 0.3 is 0 Å². The predicted molar refractivity (Wildman–Crippen MR) is 118 cm³/mol. The van der Waals surface area contributed by atoms with Gasteiger partial charge in [-0.15, -0.1) is 0 Å². The van der Waals surface area contributed by atoms with E-state index in [1.807, 2.05) is 13.8 Å². The van der Waals surface area contributed by atoms with Crippen molar-refractivity contribution in [3.63, 3.8) is 0 Å². The van der Waals surface area contributed by atoms with E-state index in [2.05, 4.69) is 4.72 Å². The molecule has 0 saturated carbocycles. The van der Waals surface area contributed by atoms with Crippen molar-refractivity contribution < 1.29 is 25.8 Å². The zero-order chi connectivity index (χ0) is 22.5. The summed E-state index contributed by atoms with van der Waals surface area (Å²) in [5, 5.41) is 0. The van der Waals surface area contributed by atoms with Crippen molar-refractivity contribution in [2.24, 2.45) is 11.8 Å². The van der Waals surface area contributed by atoms with E-state index >= 15 is 0 Å². The van der Waals surface area contributed by atoms with Gasteiger partial charge in [0.2, 0.25) is 10.0 Å². The lowest BCUT2D eigenvalue weighted by atomic mass is 9.87. The highest BCUT2D eigenvalue weighted by Crippen LogP contribution is 2.26. The van der Waals surface area contributed by atoms with Gasteiger partial charge in [0, 0.05) is 25.7 Å². The molecular weight excluding hydrogens is 438 g/mol. The summed E-state index contributed by atoms with van der Waals surface area (Å²) in [6, 6.07) is 13.0. The van der Waals surface area contributed by atoms with Gasteiger partial charge < -0.3 is 4.74 Å². The third-order valence-corrected chi connectivity index (χ3v) is 8.28. The third-order valence-electron chi connectivity index (χ3n) is 5.55. The van der Waals surface area contributed by atoms with Crippen molar-refractivity contribution in [2.75, 3.05) is 26.4 Å². The van der Waals surface area contributed by atoms with Crippen molar-refractivity contribution in [3.05, 3.63) is 59.7 Å². The molecule has 1 fully saturated rings. The Labute approximate surface area is 185 Å². The summed E-state index contributed by atoms with van der Waals surface area (Å²) in [7, 11) is -7.64. The second kappa shape index (κ2) is 10.2. The minimum atomic E-state index is -3.93. The van der Waals surface area contributed by atoms with Gasteiger partial charge in [0.25, 0.3) is 10.1 Å². The first-order valence-electron chi connectivity index (χ1n) is 10.3. The molecule has 1 aliphatic heterocycles. The number of nitrogens with one attached hydrogen (secondary N) is 1. The Morgan fingerprint density at radius 3 is 1.97 bits per heavy atom. The third kappa shape index (κ3) is 6.60. The lowest BCUT2D eigenvalue weighted by Gasteiger charge is -2.30. The predicted octanol–water partition coefficient (Wildman–Crippen LogP) is 3.03. The van der Waals surface area contributed by atoms with Crippen LogP contribution < -0.4 is 4.72 Å². The van der Waals surface area contributed by atoms with Gasteiger partial charge in [0.1, 0.15) is 0 Å². The molecule has 0 aliphatic carbocycles. The first kappa shape index (κ1) is 23.9. The molecule has 3 rings (SSSR count). The average molecular weight is 468 g/mol. The topological polar surface area (TPSA) is 98.8 Å². The molecule has 0 amide bonds. The molecule has 9 heteroatoms. The molecule has 7 nitrogen and oxygen atoms in total. The second-order valence-electron chi connectivity index (χ2n) is 7.93. The van der Waals surface area contributed by atoms with Crippen molar-refractivity contribution in [1.82, 2.24) is 4.72 Å². The van der Waals surface area contributed by atoms with Crippen LogP contribution in [0.5, 0.6) is 0 Å². The van der Waals surface area contributed by atoms with E-state index in [1.165, 1.54) is 12.1 Å². The summed E-state index contributed by atoms with van der Waals surface area (Å²) < 4.78 is 64.0. The molecule has 0 radical (unpaired) electrons. The van der Waals surface area contributed by atoms with Gasteiger partial charge in [-0.05, 0) is 56.9 Å². The van der Waals surface area contributed by atoms with E-state index in [1.54, 1.807) is 36.4 Å². The summed E-state index contributed by atoms with van der Waals surface area (Å²) in [6.45, 7) is 4.88. The number of sulfonamides is 1. The smallest absolute Gasteiger partial charge is 0.296 e. The fourth-order valence-electron chi connectivity index (χ4n) is 3.52. The fourth-order valence-corrected chi connectivity index (χ4v) is 5.57. The van der Waals surface area contributed by atoms with Gasteiger partial charge in [0.05, 0.1) is 16.4 Å². The zero-order valence-electron chi connectivity index (χ0n) is 17.8. The second-order valence-corrected chi connectivity index (χ2v) is 11.3. The van der Waals surface area contributed by atoms with Crippen molar-refractivity contribution in [1.29, 1.82) is 0 Å². The molecule has 2 aromatic carbocycles. The van der Waals surface area contributed by atoms with E-state index in [4.69, 9.17) is 8.92 Å². The molecule has 1 aliphatic rings. The maximum atomic E-state index is 12.7. The van der Waals surface area contributed by atoms with E-state index in [0.29, 0.717) is 13.2 Å². The fraction of sp³-hybridized carbons (Fsp3) is 0.455. The first-order chi connectivity index (χ1) is 14.7. The van der Waals surface area contributed by atoms with Crippen LogP contribution >= 0.6 is 0 Å². The molecule has 1 N–H and O–H groups in total. The number of hydrogen-bond donors (Lipinski definition) is 1. The lowest BCUT2D eigenvalue weighted by molar-refractivity contribution is 0.0380. The van der Waals surface area contributed by atoms with Crippen LogP contribution in [0.15, 0.2) is 58.3 Å². The maximum Gasteiger partial charge on any atom is 0.296 e. The lowest BCUT2D eigenvalue weighted by Crippen LogP contribution is -2.37. The molecule has 0 bridgehead atoms. The minimum absolute atomic E-state index is 0.0871. The van der Waals surface area contributed by atoms with E-state index in [9.17, 15) is 16.8 Å². The van der Waals surface area contributed by atoms with Crippen LogP contribution in [0.3, 0.4) is 0 Å². The molecule has 170 valence electrons. The van der Waals surface area contributed by atoms with Crippen LogP contribution in [-0.2, 0) is 29.1 Å². The Morgan fingerprint density at radius 1 is 0.903 bits per heavy atom. The zero-order valence-corrected chi connectivity index (χ0v) is 19.4. The first-order valence-corrected chi connectivity index (χ1v) is 13.2. The number of rotatable bonds is 9. The maximum absolute atomic E-state index is 12.7. The molecule has 1 unspecified atom stereocenters. The standard InChI is InChI=1S/C22H29NO6S2/c1-17-3-7-21(8-4-17)30(24,25)23-15-20(19-11-13-28-14-12-19)16-29-31(26,27)22-9-5-18(2)6-10-22/h3-10,19-20,23H,11-16H2,1-2H3. The van der Waals surface area contributed by atoms with E-state index in [-0.39, 0.29) is 34.8 Å². The van der Waals surface area contributed by atoms with E-state index < -0.39 is 20.1 Å². The molecule has 31 heavy (non-hydrogen) atoms. The van der Waals surface area contributed by atoms with Crippen LogP contribution in [0.25, 0.3) is 0 Å². The van der Waals surface area contributed by atoms with Crippen LogP contribution in [0, 0.1) is 25.7 Å². The van der Waals surface area contributed by atoms with Gasteiger partial charge in [-0.3, -0.25) is 4.18 Å². The highest BCUT2D eigenvalue weighted by molar-refractivity contribution is 7.89. The largest absolute Gasteiger partial charge is 0.381 e. The van der Waals surface area contributed by atoms with Gasteiger partial charge in [-0.1, -0.05) is 35.4 Å². The number of ether oxygens (including phenoxy) is 1. The summed E-state index contributed by atoms with van der Waals surface area (Å²) in [5.41, 5.74) is 1.92. The Bertz CT molecular complexity index is 978. The molecule has 2 aromatic rings. The summed E-state index contributed by atoms with van der Waals surface area (Å²) in [6.07, 6.45) is 1.45. The Balaban J connectivity index is 1.70. The van der Waals surface area contributed by atoms with Gasteiger partial charge in [-0.25, -0.2) is 13.1 Å². The SMILES string of the molecule is Cc1ccc(S(=O)(=O)NCC(COS(=O)(=O)c2ccc(C)cc2)C2CCOCC2)cc1. The Morgan fingerprint density at radius 2 is 1.42 bits per heavy atom. The summed E-state index contributed by atoms with van der Waals surface area (Å²) >= 11 is 0. The quantitative estimate of drug-likeness (QED) is 0.569. The highest BCUT2D eigenvalue weighted by Gasteiger charge is 2.28. The van der Waals surface area contributed by atoms with Crippen LogP contribution in [-0.4, -0.2) is 43.2 Å². The van der Waals surface area contributed by atoms with Crippen LogP contribution in [0.2, 0.25) is 0 Å². The monoisotopic (exact) mass is 467 g/mol. The number of benzene rings is 2. The molecule has 1 atom stereocenters. The Kier molecular flexibility index (Phi) is 7.87. The Hall–Kier alpha value is -1.78. The average Bonchev–Trinajstić information content (AvgIpc) is 2.75. The summed E-state index contributed by atoms with van der Waals surface area (Å²) in [5.74, 6) is -0.202. The highest BCUT2D eigenvalue weighted by atomic mass is 32.2. The van der Waals surface area contributed by atoms with Crippen molar-refractivity contribution >= 4 is 20.1 Å².